The molecule has 1 atom stereocenters. The van der Waals surface area contributed by atoms with Crippen LogP contribution in [-0.4, -0.2) is 25.5 Å². The van der Waals surface area contributed by atoms with Crippen molar-refractivity contribution in [1.82, 2.24) is 9.38 Å². The molecule has 0 radical (unpaired) electrons. The Morgan fingerprint density at radius 1 is 1.50 bits per heavy atom. The van der Waals surface area contributed by atoms with Gasteiger partial charge in [0.1, 0.15) is 0 Å². The van der Waals surface area contributed by atoms with Gasteiger partial charge in [0, 0.05) is 29.0 Å². The molecule has 0 aliphatic carbocycles. The Hall–Kier alpha value is -1.14. The molecular formula is C14H16N2O2S2. The van der Waals surface area contributed by atoms with Crippen LogP contribution in [0.15, 0.2) is 29.3 Å². The Bertz CT molecular complexity index is 666. The van der Waals surface area contributed by atoms with Gasteiger partial charge in [-0.3, -0.25) is 9.20 Å². The van der Waals surface area contributed by atoms with E-state index >= 15 is 0 Å². The van der Waals surface area contributed by atoms with Gasteiger partial charge in [0.05, 0.1) is 0 Å². The van der Waals surface area contributed by atoms with Crippen LogP contribution < -0.4 is 5.56 Å². The monoisotopic (exact) mass is 308 g/mol. The third kappa shape index (κ3) is 2.81. The Labute approximate surface area is 125 Å². The molecule has 20 heavy (non-hydrogen) atoms. The Morgan fingerprint density at radius 2 is 2.40 bits per heavy atom. The molecule has 6 heteroatoms. The molecule has 3 heterocycles. The van der Waals surface area contributed by atoms with E-state index in [0.717, 1.165) is 30.1 Å². The van der Waals surface area contributed by atoms with Gasteiger partial charge in [-0.15, -0.1) is 0 Å². The average Bonchev–Trinajstić information content (AvgIpc) is 2.95. The largest absolute Gasteiger partial charge is 0.504 e. The second-order valence-corrected chi connectivity index (χ2v) is 7.68. The average molecular weight is 308 g/mol. The molecule has 0 spiro atoms. The highest BCUT2D eigenvalue weighted by Crippen LogP contribution is 2.39. The van der Waals surface area contributed by atoms with Crippen molar-refractivity contribution in [2.75, 3.05) is 5.75 Å². The highest BCUT2D eigenvalue weighted by Gasteiger charge is 2.16. The number of pyridine rings is 1. The van der Waals surface area contributed by atoms with Crippen molar-refractivity contribution in [3.05, 3.63) is 40.4 Å². The lowest BCUT2D eigenvalue weighted by atomic mass is 10.1. The van der Waals surface area contributed by atoms with Crippen LogP contribution >= 0.6 is 21.6 Å². The van der Waals surface area contributed by atoms with Gasteiger partial charge in [0.25, 0.3) is 5.56 Å². The normalized spacial score (nSPS) is 18.7. The molecule has 1 unspecified atom stereocenters. The lowest BCUT2D eigenvalue weighted by Crippen LogP contribution is -2.19. The van der Waals surface area contributed by atoms with Crippen LogP contribution in [0.4, 0.5) is 0 Å². The number of rotatable bonds is 4. The van der Waals surface area contributed by atoms with Gasteiger partial charge in [0.2, 0.25) is 0 Å². The van der Waals surface area contributed by atoms with E-state index in [0.29, 0.717) is 5.65 Å². The number of aromatic hydroxyl groups is 1. The molecule has 4 nitrogen and oxygen atoms in total. The molecule has 106 valence electrons. The number of hydrogen-bond acceptors (Lipinski definition) is 5. The lowest BCUT2D eigenvalue weighted by Gasteiger charge is -2.07. The smallest absolute Gasteiger partial charge is 0.261 e. The van der Waals surface area contributed by atoms with Crippen molar-refractivity contribution < 1.29 is 5.11 Å². The summed E-state index contributed by atoms with van der Waals surface area (Å²) in [5, 5.41) is 10.4. The van der Waals surface area contributed by atoms with E-state index in [4.69, 9.17) is 0 Å². The Morgan fingerprint density at radius 3 is 3.20 bits per heavy atom. The molecule has 1 aliphatic heterocycles. The maximum absolute atomic E-state index is 12.3. The van der Waals surface area contributed by atoms with Crippen LogP contribution in [0.1, 0.15) is 24.8 Å². The SMILES string of the molecule is O=c1c(CCCC2CCSS2)cnc2c(O)cccn12. The van der Waals surface area contributed by atoms with Gasteiger partial charge < -0.3 is 5.11 Å². The van der Waals surface area contributed by atoms with Crippen molar-refractivity contribution in [3.8, 4) is 5.75 Å². The summed E-state index contributed by atoms with van der Waals surface area (Å²) >= 11 is 0. The zero-order valence-electron chi connectivity index (χ0n) is 11.0. The summed E-state index contributed by atoms with van der Waals surface area (Å²) in [6.07, 6.45) is 7.45. The fourth-order valence-corrected chi connectivity index (χ4v) is 5.41. The first-order valence-electron chi connectivity index (χ1n) is 6.72. The zero-order valence-corrected chi connectivity index (χ0v) is 12.6. The minimum absolute atomic E-state index is 0.0375. The van der Waals surface area contributed by atoms with Gasteiger partial charge in [-0.25, -0.2) is 4.98 Å². The summed E-state index contributed by atoms with van der Waals surface area (Å²) in [6.45, 7) is 0. The van der Waals surface area contributed by atoms with Crippen LogP contribution in [0.2, 0.25) is 0 Å². The molecule has 0 bridgehead atoms. The number of fused-ring (bicyclic) bond motifs is 1. The predicted octanol–water partition coefficient (Wildman–Crippen LogP) is 2.88. The number of aryl methyl sites for hydroxylation is 1. The molecule has 1 aliphatic rings. The third-order valence-electron chi connectivity index (χ3n) is 3.48. The van der Waals surface area contributed by atoms with E-state index in [1.165, 1.54) is 22.6 Å². The van der Waals surface area contributed by atoms with Gasteiger partial charge >= 0.3 is 0 Å². The number of aromatic nitrogens is 2. The minimum Gasteiger partial charge on any atom is -0.504 e. The molecule has 1 fully saturated rings. The molecule has 1 saturated heterocycles. The molecule has 2 aromatic heterocycles. The van der Waals surface area contributed by atoms with Crippen molar-refractivity contribution in [2.24, 2.45) is 0 Å². The van der Waals surface area contributed by atoms with Crippen LogP contribution in [0.3, 0.4) is 0 Å². The predicted molar refractivity (Wildman–Crippen MR) is 84.5 cm³/mol. The van der Waals surface area contributed by atoms with Gasteiger partial charge in [-0.1, -0.05) is 21.6 Å². The molecule has 1 N–H and O–H groups in total. The molecule has 3 rings (SSSR count). The molecule has 0 amide bonds. The van der Waals surface area contributed by atoms with E-state index < -0.39 is 0 Å². The summed E-state index contributed by atoms with van der Waals surface area (Å²) in [5.41, 5.74) is 0.979. The highest BCUT2D eigenvalue weighted by molar-refractivity contribution is 8.77. The van der Waals surface area contributed by atoms with Crippen LogP contribution in [-0.2, 0) is 6.42 Å². The Kier molecular flexibility index (Phi) is 4.21. The number of hydrogen-bond donors (Lipinski definition) is 1. The maximum Gasteiger partial charge on any atom is 0.261 e. The quantitative estimate of drug-likeness (QED) is 0.880. The second kappa shape index (κ2) is 6.10. The van der Waals surface area contributed by atoms with E-state index in [1.54, 1.807) is 18.5 Å². The standard InChI is InChI=1S/C14H16N2O2S2/c17-12-5-2-7-16-13(12)15-9-10(14(16)18)3-1-4-11-6-8-19-20-11/h2,5,7,9,11,17H,1,3-4,6,8H2. The zero-order chi connectivity index (χ0) is 13.9. The highest BCUT2D eigenvalue weighted by atomic mass is 33.1. The summed E-state index contributed by atoms with van der Waals surface area (Å²) in [5.74, 6) is 1.28. The van der Waals surface area contributed by atoms with Gasteiger partial charge in [0.15, 0.2) is 11.4 Å². The fraction of sp³-hybridized carbons (Fsp3) is 0.429. The van der Waals surface area contributed by atoms with Gasteiger partial charge in [-0.05, 0) is 37.8 Å². The molecular weight excluding hydrogens is 292 g/mol. The first-order valence-corrected chi connectivity index (χ1v) is 9.10. The molecule has 0 saturated carbocycles. The summed E-state index contributed by atoms with van der Waals surface area (Å²) in [6, 6.07) is 3.19. The topological polar surface area (TPSA) is 54.6 Å². The van der Waals surface area contributed by atoms with E-state index in [2.05, 4.69) is 4.98 Å². The first kappa shape index (κ1) is 13.8. The summed E-state index contributed by atoms with van der Waals surface area (Å²) in [7, 11) is 3.92. The third-order valence-corrected chi connectivity index (χ3v) is 6.49. The van der Waals surface area contributed by atoms with E-state index in [9.17, 15) is 9.90 Å². The Balaban J connectivity index is 1.75. The molecule has 0 aromatic carbocycles. The maximum atomic E-state index is 12.3. The van der Waals surface area contributed by atoms with E-state index in [1.807, 2.05) is 21.6 Å². The summed E-state index contributed by atoms with van der Waals surface area (Å²) in [4.78, 5) is 16.5. The fourth-order valence-electron chi connectivity index (χ4n) is 2.39. The number of nitrogens with zero attached hydrogens (tertiary/aromatic N) is 2. The van der Waals surface area contributed by atoms with Crippen LogP contribution in [0.5, 0.6) is 5.75 Å². The van der Waals surface area contributed by atoms with Gasteiger partial charge in [-0.2, -0.15) is 0 Å². The molecule has 2 aromatic rings. The van der Waals surface area contributed by atoms with Crippen molar-refractivity contribution in [3.63, 3.8) is 0 Å². The first-order chi connectivity index (χ1) is 9.75. The van der Waals surface area contributed by atoms with Crippen LogP contribution in [0, 0.1) is 0 Å². The lowest BCUT2D eigenvalue weighted by molar-refractivity contribution is 0.476. The van der Waals surface area contributed by atoms with Crippen molar-refractivity contribution in [1.29, 1.82) is 0 Å². The minimum atomic E-state index is -0.0700. The summed E-state index contributed by atoms with van der Waals surface area (Å²) < 4.78 is 1.42. The second-order valence-electron chi connectivity index (χ2n) is 4.90. The van der Waals surface area contributed by atoms with Crippen molar-refractivity contribution in [2.45, 2.75) is 30.9 Å². The van der Waals surface area contributed by atoms with Crippen LogP contribution in [0.25, 0.3) is 5.65 Å². The van der Waals surface area contributed by atoms with Crippen molar-refractivity contribution >= 4 is 27.2 Å². The van der Waals surface area contributed by atoms with E-state index in [-0.39, 0.29) is 11.3 Å².